The molecule has 2 aromatic heterocycles. The molecule has 0 fully saturated rings. The fourth-order valence-electron chi connectivity index (χ4n) is 2.59. The summed E-state index contributed by atoms with van der Waals surface area (Å²) < 4.78 is 0. The molecule has 5 nitrogen and oxygen atoms in total. The summed E-state index contributed by atoms with van der Waals surface area (Å²) in [7, 11) is 0. The van der Waals surface area contributed by atoms with Gasteiger partial charge in [0, 0.05) is 21.7 Å². The first-order valence-electron chi connectivity index (χ1n) is 7.79. The van der Waals surface area contributed by atoms with E-state index < -0.39 is 0 Å². The van der Waals surface area contributed by atoms with Crippen LogP contribution in [0.3, 0.4) is 0 Å². The molecule has 3 N–H and O–H groups in total. The average Bonchev–Trinajstić information content (AvgIpc) is 3.06. The zero-order valence-electron chi connectivity index (χ0n) is 13.4. The molecule has 1 amide bonds. The maximum Gasteiger partial charge on any atom is 0.265 e. The number of nitrogens with zero attached hydrogens (tertiary/aromatic N) is 2. The number of rotatable bonds is 3. The van der Waals surface area contributed by atoms with Gasteiger partial charge in [-0.15, -0.1) is 11.3 Å². The summed E-state index contributed by atoms with van der Waals surface area (Å²) in [5, 5.41) is 4.30. The smallest absolute Gasteiger partial charge is 0.265 e. The van der Waals surface area contributed by atoms with Crippen molar-refractivity contribution >= 4 is 50.7 Å². The fourth-order valence-corrected chi connectivity index (χ4v) is 3.65. The molecule has 2 heterocycles. The Kier molecular flexibility index (Phi) is 4.28. The molecule has 0 saturated carbocycles. The molecule has 4 aromatic rings. The number of aromatic nitrogens is 2. The number of carbonyl (C=O) groups excluding carboxylic acids is 1. The highest BCUT2D eigenvalue weighted by molar-refractivity contribution is 7.20. The van der Waals surface area contributed by atoms with Crippen molar-refractivity contribution in [3.8, 4) is 11.3 Å². The number of hydrogen-bond acceptors (Lipinski definition) is 5. The van der Waals surface area contributed by atoms with Gasteiger partial charge >= 0.3 is 0 Å². The maximum absolute atomic E-state index is 12.6. The second kappa shape index (κ2) is 6.74. The van der Waals surface area contributed by atoms with Crippen molar-refractivity contribution in [1.29, 1.82) is 0 Å². The molecule has 128 valence electrons. The number of carbonyl (C=O) groups is 1. The highest BCUT2D eigenvalue weighted by Crippen LogP contribution is 2.33. The van der Waals surface area contributed by atoms with E-state index in [0.29, 0.717) is 20.4 Å². The average molecular weight is 381 g/mol. The molecule has 0 atom stereocenters. The molecule has 0 spiro atoms. The standard InChI is InChI=1S/C19H13ClN4OS/c20-12-8-6-11(7-9-12)16-14-10-15(26-18(14)24-19(21)23-16)17(25)22-13-4-2-1-3-5-13/h1-10H,(H,22,25)(H2,21,23,24). The lowest BCUT2D eigenvalue weighted by Gasteiger charge is -2.03. The highest BCUT2D eigenvalue weighted by Gasteiger charge is 2.16. The number of amides is 1. The number of nitrogens with two attached hydrogens (primary N) is 1. The monoisotopic (exact) mass is 380 g/mol. The van der Waals surface area contributed by atoms with Crippen LogP contribution >= 0.6 is 22.9 Å². The fraction of sp³-hybridized carbons (Fsp3) is 0. The summed E-state index contributed by atoms with van der Waals surface area (Å²) in [5.41, 5.74) is 8.14. The van der Waals surface area contributed by atoms with Gasteiger partial charge in [-0.05, 0) is 30.3 Å². The first-order valence-corrected chi connectivity index (χ1v) is 8.99. The van der Waals surface area contributed by atoms with Crippen LogP contribution in [0.4, 0.5) is 11.6 Å². The number of benzene rings is 2. The summed E-state index contributed by atoms with van der Waals surface area (Å²) in [5.74, 6) is -0.0286. The maximum atomic E-state index is 12.6. The van der Waals surface area contributed by atoms with E-state index in [1.165, 1.54) is 11.3 Å². The number of anilines is 2. The van der Waals surface area contributed by atoms with Crippen molar-refractivity contribution in [2.24, 2.45) is 0 Å². The number of hydrogen-bond donors (Lipinski definition) is 2. The van der Waals surface area contributed by atoms with Crippen LogP contribution in [0, 0.1) is 0 Å². The SMILES string of the molecule is Nc1nc(-c2ccc(Cl)cc2)c2cc(C(=O)Nc3ccccc3)sc2n1. The van der Waals surface area contributed by atoms with E-state index in [1.807, 2.05) is 42.5 Å². The Morgan fingerprint density at radius 1 is 1.04 bits per heavy atom. The summed E-state index contributed by atoms with van der Waals surface area (Å²) in [6, 6.07) is 18.4. The molecule has 2 aromatic carbocycles. The second-order valence-corrected chi connectivity index (χ2v) is 7.05. The van der Waals surface area contributed by atoms with Gasteiger partial charge in [0.15, 0.2) is 0 Å². The summed E-state index contributed by atoms with van der Waals surface area (Å²) in [4.78, 5) is 22.4. The third-order valence-electron chi connectivity index (χ3n) is 3.78. The quantitative estimate of drug-likeness (QED) is 0.532. The van der Waals surface area contributed by atoms with Gasteiger partial charge in [0.05, 0.1) is 10.6 Å². The van der Waals surface area contributed by atoms with Gasteiger partial charge in [-0.1, -0.05) is 41.9 Å². The molecule has 0 unspecified atom stereocenters. The van der Waals surface area contributed by atoms with Gasteiger partial charge in [-0.3, -0.25) is 4.79 Å². The van der Waals surface area contributed by atoms with E-state index in [4.69, 9.17) is 17.3 Å². The predicted octanol–water partition coefficient (Wildman–Crippen LogP) is 4.85. The van der Waals surface area contributed by atoms with Crippen LogP contribution in [0.2, 0.25) is 5.02 Å². The van der Waals surface area contributed by atoms with Crippen LogP contribution in [0.15, 0.2) is 60.7 Å². The molecule has 0 aliphatic carbocycles. The van der Waals surface area contributed by atoms with Crippen molar-refractivity contribution in [2.75, 3.05) is 11.1 Å². The lowest BCUT2D eigenvalue weighted by atomic mass is 10.1. The highest BCUT2D eigenvalue weighted by atomic mass is 35.5. The summed E-state index contributed by atoms with van der Waals surface area (Å²) in [6.45, 7) is 0. The molecular weight excluding hydrogens is 368 g/mol. The number of fused-ring (bicyclic) bond motifs is 1. The number of nitrogen functional groups attached to an aromatic ring is 1. The summed E-state index contributed by atoms with van der Waals surface area (Å²) in [6.07, 6.45) is 0. The van der Waals surface area contributed by atoms with E-state index in [-0.39, 0.29) is 11.9 Å². The Balaban J connectivity index is 1.76. The van der Waals surface area contributed by atoms with Crippen molar-refractivity contribution in [3.63, 3.8) is 0 Å². The normalized spacial score (nSPS) is 10.8. The zero-order valence-corrected chi connectivity index (χ0v) is 15.0. The number of nitrogens with one attached hydrogen (secondary N) is 1. The Labute approximate surface area is 158 Å². The van der Waals surface area contributed by atoms with Crippen molar-refractivity contribution in [3.05, 3.63) is 70.6 Å². The van der Waals surface area contributed by atoms with E-state index in [1.54, 1.807) is 18.2 Å². The topological polar surface area (TPSA) is 80.9 Å². The number of para-hydroxylation sites is 1. The van der Waals surface area contributed by atoms with Gasteiger partial charge in [-0.25, -0.2) is 9.97 Å². The summed E-state index contributed by atoms with van der Waals surface area (Å²) >= 11 is 7.24. The lowest BCUT2D eigenvalue weighted by Crippen LogP contribution is -2.09. The third kappa shape index (κ3) is 3.24. The second-order valence-electron chi connectivity index (χ2n) is 5.59. The third-order valence-corrected chi connectivity index (χ3v) is 5.06. The van der Waals surface area contributed by atoms with Gasteiger partial charge in [0.1, 0.15) is 4.83 Å². The molecular formula is C19H13ClN4OS. The van der Waals surface area contributed by atoms with Crippen LogP contribution in [0.25, 0.3) is 21.5 Å². The van der Waals surface area contributed by atoms with Crippen LogP contribution in [0.5, 0.6) is 0 Å². The Hall–Kier alpha value is -2.96. The molecule has 7 heteroatoms. The van der Waals surface area contributed by atoms with Crippen molar-refractivity contribution < 1.29 is 4.79 Å². The lowest BCUT2D eigenvalue weighted by molar-refractivity contribution is 0.103. The van der Waals surface area contributed by atoms with E-state index in [9.17, 15) is 4.79 Å². The van der Waals surface area contributed by atoms with Crippen LogP contribution < -0.4 is 11.1 Å². The Morgan fingerprint density at radius 3 is 2.50 bits per heavy atom. The van der Waals surface area contributed by atoms with Crippen LogP contribution in [-0.2, 0) is 0 Å². The van der Waals surface area contributed by atoms with E-state index in [2.05, 4.69) is 15.3 Å². The Bertz CT molecular complexity index is 1090. The molecule has 0 aliphatic rings. The van der Waals surface area contributed by atoms with Gasteiger partial charge in [-0.2, -0.15) is 0 Å². The number of halogens is 1. The minimum absolute atomic E-state index is 0.166. The largest absolute Gasteiger partial charge is 0.368 e. The zero-order chi connectivity index (χ0) is 18.1. The molecule has 4 rings (SSSR count). The first-order chi connectivity index (χ1) is 12.6. The molecule has 0 bridgehead atoms. The van der Waals surface area contributed by atoms with Gasteiger partial charge in [0.2, 0.25) is 5.95 Å². The van der Waals surface area contributed by atoms with Gasteiger partial charge in [0.25, 0.3) is 5.91 Å². The molecule has 26 heavy (non-hydrogen) atoms. The Morgan fingerprint density at radius 2 is 1.77 bits per heavy atom. The molecule has 0 saturated heterocycles. The minimum atomic E-state index is -0.195. The predicted molar refractivity (Wildman–Crippen MR) is 107 cm³/mol. The van der Waals surface area contributed by atoms with E-state index in [0.717, 1.165) is 16.6 Å². The van der Waals surface area contributed by atoms with Crippen molar-refractivity contribution in [1.82, 2.24) is 9.97 Å². The minimum Gasteiger partial charge on any atom is -0.368 e. The van der Waals surface area contributed by atoms with Crippen LogP contribution in [0.1, 0.15) is 9.67 Å². The van der Waals surface area contributed by atoms with Crippen LogP contribution in [-0.4, -0.2) is 15.9 Å². The first kappa shape index (κ1) is 16.5. The molecule has 0 radical (unpaired) electrons. The van der Waals surface area contributed by atoms with Gasteiger partial charge < -0.3 is 11.1 Å². The van der Waals surface area contributed by atoms with E-state index >= 15 is 0 Å². The van der Waals surface area contributed by atoms with Crippen molar-refractivity contribution in [2.45, 2.75) is 0 Å². The number of thiophene rings is 1. The molecule has 0 aliphatic heterocycles.